The van der Waals surface area contributed by atoms with Crippen LogP contribution in [0.3, 0.4) is 0 Å². The summed E-state index contributed by atoms with van der Waals surface area (Å²) in [4.78, 5) is 6.90. The first-order chi connectivity index (χ1) is 17.5. The Balaban J connectivity index is 1.20. The molecular weight excluding hydrogens is 513 g/mol. The van der Waals surface area contributed by atoms with Crippen LogP contribution in [-0.2, 0) is 25.8 Å². The fourth-order valence-electron chi connectivity index (χ4n) is 4.90. The SMILES string of the molecule is Cc1ccc(CN2CCn3c(nnc3C(F)(F)F)C2)cc1-c1ccc2c(n1)N(C)SN2CC1CC1(F)F. The number of nitrogens with zero attached hydrogens (tertiary/aromatic N) is 7. The Labute approximate surface area is 214 Å². The van der Waals surface area contributed by atoms with Crippen LogP contribution in [0.4, 0.5) is 33.5 Å². The molecular formula is C24H24F5N7S. The lowest BCUT2D eigenvalue weighted by Crippen LogP contribution is -2.34. The third kappa shape index (κ3) is 4.52. The number of pyridine rings is 1. The highest BCUT2D eigenvalue weighted by atomic mass is 32.2. The van der Waals surface area contributed by atoms with Gasteiger partial charge in [-0.1, -0.05) is 12.1 Å². The molecule has 6 rings (SSSR count). The third-order valence-electron chi connectivity index (χ3n) is 7.05. The molecule has 1 aliphatic carbocycles. The summed E-state index contributed by atoms with van der Waals surface area (Å²) < 4.78 is 71.2. The molecule has 1 fully saturated rings. The predicted molar refractivity (Wildman–Crippen MR) is 130 cm³/mol. The quantitative estimate of drug-likeness (QED) is 0.329. The molecule has 0 radical (unpaired) electrons. The van der Waals surface area contributed by atoms with Crippen molar-refractivity contribution in [2.24, 2.45) is 5.92 Å². The Hall–Kier alpha value is -2.93. The number of fused-ring (bicyclic) bond motifs is 2. The number of benzene rings is 1. The summed E-state index contributed by atoms with van der Waals surface area (Å²) in [6.07, 6.45) is -4.59. The molecule has 196 valence electrons. The number of alkyl halides is 5. The van der Waals surface area contributed by atoms with Crippen molar-refractivity contribution in [2.45, 2.75) is 45.1 Å². The van der Waals surface area contributed by atoms with Gasteiger partial charge >= 0.3 is 6.18 Å². The van der Waals surface area contributed by atoms with Crippen molar-refractivity contribution >= 4 is 23.6 Å². The zero-order valence-corrected chi connectivity index (χ0v) is 21.0. The van der Waals surface area contributed by atoms with Crippen LogP contribution in [0.5, 0.6) is 0 Å². The highest BCUT2D eigenvalue weighted by Crippen LogP contribution is 2.52. The van der Waals surface area contributed by atoms with Crippen molar-refractivity contribution in [3.63, 3.8) is 0 Å². The minimum absolute atomic E-state index is 0.0699. The van der Waals surface area contributed by atoms with Crippen molar-refractivity contribution in [1.82, 2.24) is 24.6 Å². The second-order valence-corrected chi connectivity index (χ2v) is 10.9. The van der Waals surface area contributed by atoms with E-state index in [0.29, 0.717) is 18.9 Å². The molecule has 1 atom stereocenters. The Bertz CT molecular complexity index is 1360. The van der Waals surface area contributed by atoms with Gasteiger partial charge in [-0.3, -0.25) is 13.5 Å². The summed E-state index contributed by atoms with van der Waals surface area (Å²) >= 11 is 1.38. The van der Waals surface area contributed by atoms with Crippen molar-refractivity contribution in [3.05, 3.63) is 53.1 Å². The van der Waals surface area contributed by atoms with Crippen LogP contribution in [0, 0.1) is 12.8 Å². The second kappa shape index (κ2) is 8.55. The van der Waals surface area contributed by atoms with E-state index in [4.69, 9.17) is 4.98 Å². The first-order valence-electron chi connectivity index (χ1n) is 11.9. The highest BCUT2D eigenvalue weighted by molar-refractivity contribution is 8.02. The summed E-state index contributed by atoms with van der Waals surface area (Å²) in [5.74, 6) is -3.11. The molecule has 0 N–H and O–H groups in total. The summed E-state index contributed by atoms with van der Waals surface area (Å²) in [5, 5.41) is 7.11. The molecule has 3 aliphatic rings. The smallest absolute Gasteiger partial charge is 0.305 e. The maximum atomic E-state index is 13.5. The number of aryl methyl sites for hydroxylation is 1. The van der Waals surface area contributed by atoms with Crippen LogP contribution in [-0.4, -0.2) is 50.7 Å². The topological polar surface area (TPSA) is 53.3 Å². The molecule has 2 aliphatic heterocycles. The maximum Gasteiger partial charge on any atom is 0.451 e. The van der Waals surface area contributed by atoms with E-state index in [1.54, 1.807) is 0 Å². The lowest BCUT2D eigenvalue weighted by atomic mass is 10.0. The molecule has 37 heavy (non-hydrogen) atoms. The van der Waals surface area contributed by atoms with Gasteiger partial charge in [-0.05, 0) is 36.2 Å². The molecule has 2 aromatic heterocycles. The lowest BCUT2D eigenvalue weighted by Gasteiger charge is -2.28. The Morgan fingerprint density at radius 3 is 2.62 bits per heavy atom. The van der Waals surface area contributed by atoms with Gasteiger partial charge in [0.1, 0.15) is 5.82 Å². The van der Waals surface area contributed by atoms with E-state index in [1.807, 2.05) is 51.7 Å². The van der Waals surface area contributed by atoms with Crippen molar-refractivity contribution < 1.29 is 22.0 Å². The Morgan fingerprint density at radius 1 is 1.11 bits per heavy atom. The van der Waals surface area contributed by atoms with Crippen molar-refractivity contribution in [2.75, 3.05) is 28.7 Å². The van der Waals surface area contributed by atoms with Crippen LogP contribution < -0.4 is 8.61 Å². The molecule has 13 heteroatoms. The average Bonchev–Trinajstić information content (AvgIpc) is 3.15. The molecule has 1 unspecified atom stereocenters. The van der Waals surface area contributed by atoms with E-state index < -0.39 is 23.8 Å². The van der Waals surface area contributed by atoms with E-state index in [9.17, 15) is 22.0 Å². The first kappa shape index (κ1) is 24.4. The molecule has 1 saturated carbocycles. The predicted octanol–water partition coefficient (Wildman–Crippen LogP) is 5.16. The van der Waals surface area contributed by atoms with Gasteiger partial charge < -0.3 is 4.57 Å². The fraction of sp³-hybridized carbons (Fsp3) is 0.458. The number of halogens is 5. The normalized spacial score (nSPS) is 20.8. The Kier molecular flexibility index (Phi) is 5.64. The minimum atomic E-state index is -4.52. The van der Waals surface area contributed by atoms with Crippen LogP contribution >= 0.6 is 12.1 Å². The summed E-state index contributed by atoms with van der Waals surface area (Å²) in [7, 11) is 1.87. The molecule has 7 nitrogen and oxygen atoms in total. The van der Waals surface area contributed by atoms with Gasteiger partial charge in [0.25, 0.3) is 5.92 Å². The van der Waals surface area contributed by atoms with Gasteiger partial charge in [-0.2, -0.15) is 13.2 Å². The molecule has 3 aromatic rings. The van der Waals surface area contributed by atoms with Gasteiger partial charge in [0.2, 0.25) is 5.82 Å². The second-order valence-electron chi connectivity index (χ2n) is 9.79. The maximum absolute atomic E-state index is 13.5. The number of rotatable bonds is 5. The summed E-state index contributed by atoms with van der Waals surface area (Å²) in [6, 6.07) is 9.90. The highest BCUT2D eigenvalue weighted by Gasteiger charge is 2.57. The molecule has 1 aromatic carbocycles. The van der Waals surface area contributed by atoms with E-state index in [1.165, 1.54) is 12.1 Å². The lowest BCUT2D eigenvalue weighted by molar-refractivity contribution is -0.148. The van der Waals surface area contributed by atoms with E-state index in [-0.39, 0.29) is 26.1 Å². The minimum Gasteiger partial charge on any atom is -0.305 e. The van der Waals surface area contributed by atoms with Gasteiger partial charge in [0, 0.05) is 51.1 Å². The standard InChI is InChI=1S/C24H24F5N7S/c1-14-3-4-15(11-34-7-8-35-20(13-34)31-32-22(35)24(27,28)29)9-17(14)18-5-6-19-21(30-18)33(2)37-36(19)12-16-10-23(16,25)26/h3-6,9,16H,7-8,10-13H2,1-2H3. The van der Waals surface area contributed by atoms with Crippen LogP contribution in [0.15, 0.2) is 30.3 Å². The first-order valence-corrected chi connectivity index (χ1v) is 12.6. The summed E-state index contributed by atoms with van der Waals surface area (Å²) in [6.45, 7) is 3.73. The molecule has 4 heterocycles. The molecule has 0 amide bonds. The third-order valence-corrected chi connectivity index (χ3v) is 8.02. The number of hydrogen-bond acceptors (Lipinski definition) is 7. The fourth-order valence-corrected chi connectivity index (χ4v) is 5.89. The van der Waals surface area contributed by atoms with E-state index in [2.05, 4.69) is 16.3 Å². The average molecular weight is 538 g/mol. The molecule has 0 bridgehead atoms. The number of aromatic nitrogens is 4. The largest absolute Gasteiger partial charge is 0.451 e. The van der Waals surface area contributed by atoms with Crippen LogP contribution in [0.25, 0.3) is 11.3 Å². The van der Waals surface area contributed by atoms with E-state index >= 15 is 0 Å². The van der Waals surface area contributed by atoms with Gasteiger partial charge in [-0.25, -0.2) is 13.8 Å². The molecule has 0 saturated heterocycles. The van der Waals surface area contributed by atoms with Crippen molar-refractivity contribution in [1.29, 1.82) is 0 Å². The molecule has 0 spiro atoms. The zero-order chi connectivity index (χ0) is 26.1. The Morgan fingerprint density at radius 2 is 1.89 bits per heavy atom. The number of anilines is 2. The van der Waals surface area contributed by atoms with Crippen LogP contribution in [0.2, 0.25) is 0 Å². The summed E-state index contributed by atoms with van der Waals surface area (Å²) in [5.41, 5.74) is 4.59. The number of hydrogen-bond donors (Lipinski definition) is 0. The van der Waals surface area contributed by atoms with Crippen molar-refractivity contribution in [3.8, 4) is 11.3 Å². The van der Waals surface area contributed by atoms with E-state index in [0.717, 1.165) is 38.5 Å². The van der Waals surface area contributed by atoms with Crippen LogP contribution in [0.1, 0.15) is 29.2 Å². The van der Waals surface area contributed by atoms with Gasteiger partial charge in [0.05, 0.1) is 30.1 Å². The zero-order valence-electron chi connectivity index (χ0n) is 20.1. The monoisotopic (exact) mass is 537 g/mol. The van der Waals surface area contributed by atoms with Gasteiger partial charge in [0.15, 0.2) is 5.82 Å². The van der Waals surface area contributed by atoms with Gasteiger partial charge in [-0.15, -0.1) is 10.2 Å².